The molecule has 0 saturated carbocycles. The van der Waals surface area contributed by atoms with E-state index in [-0.39, 0.29) is 6.61 Å². The summed E-state index contributed by atoms with van der Waals surface area (Å²) in [5.74, 6) is 1.38. The van der Waals surface area contributed by atoms with Gasteiger partial charge in [-0.3, -0.25) is 0 Å². The lowest BCUT2D eigenvalue weighted by molar-refractivity contribution is 0.245. The molecule has 0 radical (unpaired) electrons. The molecular formula is C16H22ClNO2. The average Bonchev–Trinajstić information content (AvgIpc) is 2.42. The molecule has 1 aromatic carbocycles. The van der Waals surface area contributed by atoms with Gasteiger partial charge in [0.15, 0.2) is 0 Å². The number of aliphatic hydroxyl groups excluding tert-OH is 1. The Hall–Kier alpha value is -1.03. The van der Waals surface area contributed by atoms with Crippen molar-refractivity contribution in [2.75, 3.05) is 19.8 Å². The van der Waals surface area contributed by atoms with Gasteiger partial charge in [-0.05, 0) is 42.2 Å². The Bertz CT molecular complexity index is 485. The van der Waals surface area contributed by atoms with Crippen LogP contribution in [0, 0.1) is 5.92 Å². The summed E-state index contributed by atoms with van der Waals surface area (Å²) >= 11 is 6.01. The monoisotopic (exact) mass is 295 g/mol. The molecule has 3 nitrogen and oxygen atoms in total. The Morgan fingerprint density at radius 3 is 2.90 bits per heavy atom. The van der Waals surface area contributed by atoms with Crippen molar-refractivity contribution < 1.29 is 9.84 Å². The first-order valence-electron chi connectivity index (χ1n) is 7.06. The van der Waals surface area contributed by atoms with E-state index in [9.17, 15) is 0 Å². The summed E-state index contributed by atoms with van der Waals surface area (Å²) in [7, 11) is 0. The number of nitrogens with one attached hydrogen (secondary N) is 1. The van der Waals surface area contributed by atoms with Gasteiger partial charge in [0, 0.05) is 29.8 Å². The molecule has 1 aliphatic heterocycles. The van der Waals surface area contributed by atoms with Crippen molar-refractivity contribution in [3.8, 4) is 5.75 Å². The van der Waals surface area contributed by atoms with Crippen molar-refractivity contribution in [2.24, 2.45) is 5.92 Å². The van der Waals surface area contributed by atoms with E-state index in [0.717, 1.165) is 29.3 Å². The minimum atomic E-state index is 0.212. The molecule has 4 heteroatoms. The first-order chi connectivity index (χ1) is 9.60. The molecule has 1 atom stereocenters. The van der Waals surface area contributed by atoms with Crippen molar-refractivity contribution in [1.29, 1.82) is 0 Å². The van der Waals surface area contributed by atoms with E-state index in [2.05, 4.69) is 25.2 Å². The average molecular weight is 296 g/mol. The van der Waals surface area contributed by atoms with Crippen LogP contribution in [0.4, 0.5) is 0 Å². The minimum absolute atomic E-state index is 0.212. The van der Waals surface area contributed by atoms with Crippen LogP contribution in [0.1, 0.15) is 25.8 Å². The molecule has 1 unspecified atom stereocenters. The molecule has 0 bridgehead atoms. The molecule has 2 N–H and O–H groups in total. The zero-order valence-corrected chi connectivity index (χ0v) is 12.8. The zero-order valence-electron chi connectivity index (χ0n) is 12.0. The Balaban J connectivity index is 2.00. The minimum Gasteiger partial charge on any atom is -0.489 e. The van der Waals surface area contributed by atoms with Gasteiger partial charge in [-0.2, -0.15) is 0 Å². The Morgan fingerprint density at radius 2 is 2.20 bits per heavy atom. The number of halogens is 1. The summed E-state index contributed by atoms with van der Waals surface area (Å²) < 4.78 is 5.73. The summed E-state index contributed by atoms with van der Waals surface area (Å²) in [6, 6.07) is 5.99. The third-order valence-electron chi connectivity index (χ3n) is 3.58. The summed E-state index contributed by atoms with van der Waals surface area (Å²) in [6.45, 7) is 5.91. The van der Waals surface area contributed by atoms with Gasteiger partial charge in [-0.25, -0.2) is 0 Å². The fourth-order valence-corrected chi connectivity index (χ4v) is 2.55. The van der Waals surface area contributed by atoms with Gasteiger partial charge in [0.05, 0.1) is 0 Å². The lowest BCUT2D eigenvalue weighted by atomic mass is 10.0. The lowest BCUT2D eigenvalue weighted by Crippen LogP contribution is -2.36. The first-order valence-corrected chi connectivity index (χ1v) is 7.44. The number of hydrogen-bond donors (Lipinski definition) is 2. The van der Waals surface area contributed by atoms with Crippen molar-refractivity contribution in [3.05, 3.63) is 34.4 Å². The highest BCUT2D eigenvalue weighted by atomic mass is 35.5. The SMILES string of the molecule is CC(C)C(CCO)NCC1=Cc2cc(Cl)ccc2OC1. The number of hydrogen-bond acceptors (Lipinski definition) is 3. The quantitative estimate of drug-likeness (QED) is 0.847. The predicted octanol–water partition coefficient (Wildman–Crippen LogP) is 3.11. The fraction of sp³-hybridized carbons (Fsp3) is 0.500. The van der Waals surface area contributed by atoms with Gasteiger partial charge in [0.2, 0.25) is 0 Å². The van der Waals surface area contributed by atoms with E-state index < -0.39 is 0 Å². The molecule has 0 spiro atoms. The van der Waals surface area contributed by atoms with Gasteiger partial charge in [0.1, 0.15) is 12.4 Å². The third kappa shape index (κ3) is 3.98. The highest BCUT2D eigenvalue weighted by molar-refractivity contribution is 6.30. The maximum absolute atomic E-state index is 9.09. The zero-order chi connectivity index (χ0) is 14.5. The molecule has 0 aromatic heterocycles. The highest BCUT2D eigenvalue weighted by Crippen LogP contribution is 2.28. The lowest BCUT2D eigenvalue weighted by Gasteiger charge is -2.24. The van der Waals surface area contributed by atoms with Crippen molar-refractivity contribution >= 4 is 17.7 Å². The summed E-state index contributed by atoms with van der Waals surface area (Å²) in [5.41, 5.74) is 2.23. The molecule has 110 valence electrons. The maximum Gasteiger partial charge on any atom is 0.127 e. The molecule has 0 aliphatic carbocycles. The van der Waals surface area contributed by atoms with E-state index in [1.807, 2.05) is 18.2 Å². The second kappa shape index (κ2) is 7.11. The molecule has 1 aliphatic rings. The second-order valence-electron chi connectivity index (χ2n) is 5.52. The van der Waals surface area contributed by atoms with Crippen LogP contribution in [-0.4, -0.2) is 30.9 Å². The van der Waals surface area contributed by atoms with E-state index in [0.29, 0.717) is 18.6 Å². The van der Waals surface area contributed by atoms with Crippen molar-refractivity contribution in [1.82, 2.24) is 5.32 Å². The fourth-order valence-electron chi connectivity index (χ4n) is 2.37. The molecule has 0 saturated heterocycles. The van der Waals surface area contributed by atoms with E-state index in [1.165, 1.54) is 5.57 Å². The first kappa shape index (κ1) is 15.4. The van der Waals surface area contributed by atoms with Gasteiger partial charge >= 0.3 is 0 Å². The van der Waals surface area contributed by atoms with Crippen LogP contribution in [0.2, 0.25) is 5.02 Å². The van der Waals surface area contributed by atoms with Crippen LogP contribution >= 0.6 is 11.6 Å². The normalized spacial score (nSPS) is 15.6. The maximum atomic E-state index is 9.09. The number of fused-ring (bicyclic) bond motifs is 1. The van der Waals surface area contributed by atoms with Crippen LogP contribution in [-0.2, 0) is 0 Å². The molecule has 20 heavy (non-hydrogen) atoms. The second-order valence-corrected chi connectivity index (χ2v) is 5.95. The summed E-state index contributed by atoms with van der Waals surface area (Å²) in [6.07, 6.45) is 2.91. The number of benzene rings is 1. The van der Waals surface area contributed by atoms with Crippen LogP contribution in [0.5, 0.6) is 5.75 Å². The Morgan fingerprint density at radius 1 is 1.40 bits per heavy atom. The smallest absolute Gasteiger partial charge is 0.127 e. The topological polar surface area (TPSA) is 41.5 Å². The molecular weight excluding hydrogens is 274 g/mol. The van der Waals surface area contributed by atoms with Gasteiger partial charge in [0.25, 0.3) is 0 Å². The van der Waals surface area contributed by atoms with Crippen molar-refractivity contribution in [3.63, 3.8) is 0 Å². The molecule has 2 rings (SSSR count). The number of aliphatic hydroxyl groups is 1. The standard InChI is InChI=1S/C16H22ClNO2/c1-11(2)15(5-6-19)18-9-12-7-13-8-14(17)3-4-16(13)20-10-12/h3-4,7-8,11,15,18-19H,5-6,9-10H2,1-2H3. The van der Waals surface area contributed by atoms with Crippen LogP contribution in [0.3, 0.4) is 0 Å². The highest BCUT2D eigenvalue weighted by Gasteiger charge is 2.15. The van der Waals surface area contributed by atoms with Gasteiger partial charge in [-0.1, -0.05) is 25.4 Å². The third-order valence-corrected chi connectivity index (χ3v) is 3.82. The molecule has 0 fully saturated rings. The Kier molecular flexibility index (Phi) is 5.46. The summed E-state index contributed by atoms with van der Waals surface area (Å²) in [4.78, 5) is 0. The summed E-state index contributed by atoms with van der Waals surface area (Å²) in [5, 5.41) is 13.3. The Labute approximate surface area is 125 Å². The predicted molar refractivity (Wildman–Crippen MR) is 83.3 cm³/mol. The molecule has 1 aromatic rings. The van der Waals surface area contributed by atoms with Gasteiger partial charge < -0.3 is 15.2 Å². The van der Waals surface area contributed by atoms with E-state index in [1.54, 1.807) is 0 Å². The largest absolute Gasteiger partial charge is 0.489 e. The molecule has 0 amide bonds. The van der Waals surface area contributed by atoms with Crippen molar-refractivity contribution in [2.45, 2.75) is 26.3 Å². The van der Waals surface area contributed by atoms with E-state index >= 15 is 0 Å². The number of ether oxygens (including phenoxy) is 1. The van der Waals surface area contributed by atoms with Crippen LogP contribution in [0.15, 0.2) is 23.8 Å². The van der Waals surface area contributed by atoms with Gasteiger partial charge in [-0.15, -0.1) is 0 Å². The molecule has 1 heterocycles. The van der Waals surface area contributed by atoms with Crippen LogP contribution in [0.25, 0.3) is 6.08 Å². The number of rotatable bonds is 6. The van der Waals surface area contributed by atoms with Crippen LogP contribution < -0.4 is 10.1 Å². The van der Waals surface area contributed by atoms with E-state index in [4.69, 9.17) is 21.4 Å².